The minimum atomic E-state index is -0.770. The fraction of sp³-hybridized carbons (Fsp3) is 0.562. The summed E-state index contributed by atoms with van der Waals surface area (Å²) in [5, 5.41) is 12.6. The van der Waals surface area contributed by atoms with Gasteiger partial charge in [-0.25, -0.2) is 4.39 Å². The molecule has 0 saturated heterocycles. The van der Waals surface area contributed by atoms with Crippen molar-refractivity contribution >= 4 is 5.97 Å². The number of nitrogens with one attached hydrogen (secondary N) is 1. The average molecular weight is 281 g/mol. The molecule has 0 aromatic heterocycles. The highest BCUT2D eigenvalue weighted by molar-refractivity contribution is 5.74. The van der Waals surface area contributed by atoms with Crippen LogP contribution in [0.15, 0.2) is 24.3 Å². The van der Waals surface area contributed by atoms with Gasteiger partial charge in [-0.05, 0) is 37.8 Å². The predicted molar refractivity (Wildman–Crippen MR) is 78.2 cm³/mol. The van der Waals surface area contributed by atoms with E-state index < -0.39 is 11.4 Å². The van der Waals surface area contributed by atoms with Crippen LogP contribution >= 0.6 is 0 Å². The van der Waals surface area contributed by atoms with Crippen molar-refractivity contribution in [2.24, 2.45) is 5.41 Å². The third kappa shape index (κ3) is 4.04. The molecule has 0 saturated carbocycles. The number of carboxylic acids is 1. The lowest BCUT2D eigenvalue weighted by atomic mass is 9.82. The van der Waals surface area contributed by atoms with Gasteiger partial charge in [0.15, 0.2) is 0 Å². The number of rotatable bonds is 8. The number of hydrogen-bond donors (Lipinski definition) is 2. The van der Waals surface area contributed by atoms with E-state index in [1.54, 1.807) is 12.1 Å². The van der Waals surface area contributed by atoms with E-state index >= 15 is 0 Å². The molecule has 0 heterocycles. The fourth-order valence-corrected chi connectivity index (χ4v) is 2.31. The largest absolute Gasteiger partial charge is 0.481 e. The summed E-state index contributed by atoms with van der Waals surface area (Å²) >= 11 is 0. The zero-order chi connectivity index (χ0) is 15.2. The first-order valence-corrected chi connectivity index (χ1v) is 7.15. The van der Waals surface area contributed by atoms with Gasteiger partial charge in [-0.3, -0.25) is 4.79 Å². The van der Waals surface area contributed by atoms with Crippen molar-refractivity contribution in [3.05, 3.63) is 35.6 Å². The first-order chi connectivity index (χ1) is 9.45. The lowest BCUT2D eigenvalue weighted by Gasteiger charge is -2.29. The third-order valence-electron chi connectivity index (χ3n) is 4.08. The number of hydrogen-bond acceptors (Lipinski definition) is 2. The third-order valence-corrected chi connectivity index (χ3v) is 4.08. The number of benzene rings is 1. The summed E-state index contributed by atoms with van der Waals surface area (Å²) in [4.78, 5) is 11.4. The molecule has 3 nitrogen and oxygen atoms in total. The van der Waals surface area contributed by atoms with Crippen LogP contribution in [0, 0.1) is 11.2 Å². The van der Waals surface area contributed by atoms with Crippen molar-refractivity contribution in [2.75, 3.05) is 6.54 Å². The molecule has 1 atom stereocenters. The van der Waals surface area contributed by atoms with Gasteiger partial charge in [-0.2, -0.15) is 0 Å². The first-order valence-electron chi connectivity index (χ1n) is 7.15. The van der Waals surface area contributed by atoms with E-state index in [4.69, 9.17) is 0 Å². The Morgan fingerprint density at radius 3 is 2.45 bits per heavy atom. The van der Waals surface area contributed by atoms with Crippen LogP contribution in [-0.4, -0.2) is 23.7 Å². The molecule has 0 radical (unpaired) electrons. The van der Waals surface area contributed by atoms with Gasteiger partial charge in [0.1, 0.15) is 5.82 Å². The van der Waals surface area contributed by atoms with Gasteiger partial charge in [0.25, 0.3) is 0 Å². The van der Waals surface area contributed by atoms with Gasteiger partial charge >= 0.3 is 5.97 Å². The number of carbonyl (C=O) groups is 1. The van der Waals surface area contributed by atoms with Crippen LogP contribution in [-0.2, 0) is 11.2 Å². The normalized spacial score (nSPS) is 13.2. The van der Waals surface area contributed by atoms with Crippen molar-refractivity contribution < 1.29 is 14.3 Å². The van der Waals surface area contributed by atoms with E-state index in [1.807, 2.05) is 26.8 Å². The average Bonchev–Trinajstić information content (AvgIpc) is 2.43. The van der Waals surface area contributed by atoms with E-state index in [9.17, 15) is 14.3 Å². The van der Waals surface area contributed by atoms with Crippen LogP contribution < -0.4 is 5.32 Å². The van der Waals surface area contributed by atoms with E-state index in [2.05, 4.69) is 5.32 Å². The van der Waals surface area contributed by atoms with E-state index in [1.165, 1.54) is 6.07 Å². The Balaban J connectivity index is 2.61. The Kier molecular flexibility index (Phi) is 6.14. The van der Waals surface area contributed by atoms with Crippen molar-refractivity contribution in [1.29, 1.82) is 0 Å². The predicted octanol–water partition coefficient (Wildman–Crippen LogP) is 3.24. The number of aliphatic carboxylic acids is 1. The Labute approximate surface area is 120 Å². The van der Waals surface area contributed by atoms with Crippen molar-refractivity contribution in [2.45, 2.75) is 46.1 Å². The van der Waals surface area contributed by atoms with Crippen molar-refractivity contribution in [3.63, 3.8) is 0 Å². The molecule has 4 heteroatoms. The molecule has 0 bridgehead atoms. The molecule has 0 spiro atoms. The highest BCUT2D eigenvalue weighted by Gasteiger charge is 2.34. The standard InChI is InChI=1S/C16H24FNO2/c1-4-16(5-2,15(19)20)11-18-12(3)10-13-8-6-7-9-14(13)17/h6-9,12,18H,4-5,10-11H2,1-3H3,(H,19,20). The first kappa shape index (κ1) is 16.6. The molecule has 20 heavy (non-hydrogen) atoms. The molecular formula is C16H24FNO2. The molecule has 1 aromatic rings. The van der Waals surface area contributed by atoms with Gasteiger partial charge in [0.05, 0.1) is 5.41 Å². The smallest absolute Gasteiger partial charge is 0.310 e. The summed E-state index contributed by atoms with van der Waals surface area (Å²) in [6, 6.07) is 6.72. The van der Waals surface area contributed by atoms with Crippen LogP contribution in [0.3, 0.4) is 0 Å². The summed E-state index contributed by atoms with van der Waals surface area (Å²) in [6.07, 6.45) is 1.71. The Morgan fingerprint density at radius 1 is 1.35 bits per heavy atom. The molecule has 0 aliphatic rings. The summed E-state index contributed by atoms with van der Waals surface area (Å²) in [6.45, 7) is 6.14. The molecular weight excluding hydrogens is 257 g/mol. The van der Waals surface area contributed by atoms with Gasteiger partial charge in [-0.1, -0.05) is 32.0 Å². The molecule has 1 rings (SSSR count). The molecule has 2 N–H and O–H groups in total. The highest BCUT2D eigenvalue weighted by atomic mass is 19.1. The van der Waals surface area contributed by atoms with Crippen LogP contribution in [0.4, 0.5) is 4.39 Å². The zero-order valence-electron chi connectivity index (χ0n) is 12.4. The van der Waals surface area contributed by atoms with Crippen LogP contribution in [0.1, 0.15) is 39.2 Å². The maximum Gasteiger partial charge on any atom is 0.310 e. The van der Waals surface area contributed by atoms with E-state index in [0.717, 1.165) is 0 Å². The second kappa shape index (κ2) is 7.39. The molecule has 0 aliphatic carbocycles. The number of halogens is 1. The van der Waals surface area contributed by atoms with Crippen LogP contribution in [0.5, 0.6) is 0 Å². The molecule has 0 aliphatic heterocycles. The Hall–Kier alpha value is -1.42. The Bertz CT molecular complexity index is 444. The lowest BCUT2D eigenvalue weighted by molar-refractivity contribution is -0.149. The highest BCUT2D eigenvalue weighted by Crippen LogP contribution is 2.26. The fourth-order valence-electron chi connectivity index (χ4n) is 2.31. The second-order valence-corrected chi connectivity index (χ2v) is 5.37. The lowest BCUT2D eigenvalue weighted by Crippen LogP contribution is -2.43. The zero-order valence-corrected chi connectivity index (χ0v) is 12.4. The summed E-state index contributed by atoms with van der Waals surface area (Å²) in [5.41, 5.74) is -0.0786. The van der Waals surface area contributed by atoms with Gasteiger partial charge in [-0.15, -0.1) is 0 Å². The molecule has 1 unspecified atom stereocenters. The van der Waals surface area contributed by atoms with Crippen molar-refractivity contribution in [1.82, 2.24) is 5.32 Å². The molecule has 0 amide bonds. The molecule has 0 fully saturated rings. The minimum Gasteiger partial charge on any atom is -0.481 e. The SMILES string of the molecule is CCC(CC)(CNC(C)Cc1ccccc1F)C(=O)O. The summed E-state index contributed by atoms with van der Waals surface area (Å²) in [7, 11) is 0. The van der Waals surface area contributed by atoms with E-state index in [-0.39, 0.29) is 11.9 Å². The quantitative estimate of drug-likeness (QED) is 0.769. The molecule has 112 valence electrons. The monoisotopic (exact) mass is 281 g/mol. The maximum absolute atomic E-state index is 13.6. The van der Waals surface area contributed by atoms with Crippen LogP contribution in [0.2, 0.25) is 0 Å². The van der Waals surface area contributed by atoms with Gasteiger partial charge in [0, 0.05) is 12.6 Å². The maximum atomic E-state index is 13.6. The minimum absolute atomic E-state index is 0.0312. The molecule has 1 aromatic carbocycles. The van der Waals surface area contributed by atoms with Crippen LogP contribution in [0.25, 0.3) is 0 Å². The van der Waals surface area contributed by atoms with Gasteiger partial charge < -0.3 is 10.4 Å². The topological polar surface area (TPSA) is 49.3 Å². The van der Waals surface area contributed by atoms with Crippen molar-refractivity contribution in [3.8, 4) is 0 Å². The number of carboxylic acid groups (broad SMARTS) is 1. The summed E-state index contributed by atoms with van der Waals surface area (Å²) < 4.78 is 13.6. The van der Waals surface area contributed by atoms with Gasteiger partial charge in [0.2, 0.25) is 0 Å². The Morgan fingerprint density at radius 2 is 1.95 bits per heavy atom. The summed E-state index contributed by atoms with van der Waals surface area (Å²) in [5.74, 6) is -0.982. The van der Waals surface area contributed by atoms with E-state index in [0.29, 0.717) is 31.4 Å². The second-order valence-electron chi connectivity index (χ2n) is 5.37.